The Kier molecular flexibility index (Phi) is 16.1. The highest BCUT2D eigenvalue weighted by Crippen LogP contribution is 2.33. The van der Waals surface area contributed by atoms with Crippen molar-refractivity contribution in [2.75, 3.05) is 89.6 Å². The van der Waals surface area contributed by atoms with E-state index in [4.69, 9.17) is 44.4 Å². The van der Waals surface area contributed by atoms with Crippen LogP contribution >= 0.6 is 0 Å². The number of pyridine rings is 3. The highest BCUT2D eigenvalue weighted by atomic mass is 16.5. The zero-order chi connectivity index (χ0) is 41.5. The van der Waals surface area contributed by atoms with Gasteiger partial charge in [-0.3, -0.25) is 29.2 Å². The van der Waals surface area contributed by atoms with Gasteiger partial charge in [0.2, 0.25) is 0 Å². The lowest BCUT2D eigenvalue weighted by molar-refractivity contribution is -0.150. The van der Waals surface area contributed by atoms with Gasteiger partial charge in [-0.1, -0.05) is 18.2 Å². The smallest absolute Gasteiger partial charge is 0.322 e. The molecule has 2 N–H and O–H groups in total. The molecule has 4 aromatic rings. The van der Waals surface area contributed by atoms with Gasteiger partial charge in [0.1, 0.15) is 43.6 Å². The van der Waals surface area contributed by atoms with E-state index in [0.29, 0.717) is 45.8 Å². The second-order valence-electron chi connectivity index (χ2n) is 12.3. The predicted molar refractivity (Wildman–Crippen MR) is 214 cm³/mol. The highest BCUT2D eigenvalue weighted by Gasteiger charge is 2.24. The van der Waals surface area contributed by atoms with Crippen LogP contribution in [0.5, 0.6) is 5.75 Å². The Labute approximate surface area is 332 Å². The molecule has 0 spiro atoms. The summed E-state index contributed by atoms with van der Waals surface area (Å²) in [5, 5.41) is 6.14. The molecule has 17 heteroatoms. The quantitative estimate of drug-likeness (QED) is 0.0584. The van der Waals surface area contributed by atoms with E-state index in [1.54, 1.807) is 107 Å². The maximum atomic E-state index is 12.5. The third-order valence-electron chi connectivity index (χ3n) is 8.36. The number of hydrogen-bond donors (Lipinski definition) is 1. The first-order valence-electron chi connectivity index (χ1n) is 18.4. The molecule has 17 nitrogen and oxygen atoms in total. The largest absolute Gasteiger partial charge is 0.495 e. The second-order valence-corrected chi connectivity index (χ2v) is 12.3. The monoisotopic (exact) mass is 786 g/mol. The van der Waals surface area contributed by atoms with Crippen molar-refractivity contribution in [3.8, 4) is 39.7 Å². The average molecular weight is 787 g/mol. The lowest BCUT2D eigenvalue weighted by Gasteiger charge is -2.31. The normalized spacial score (nSPS) is 10.9. The molecule has 1 aromatic carbocycles. The molecule has 0 unspecified atom stereocenters. The van der Waals surface area contributed by atoms with E-state index >= 15 is 0 Å². The van der Waals surface area contributed by atoms with Gasteiger partial charge in [-0.2, -0.15) is 10.0 Å². The predicted octanol–water partition coefficient (Wildman–Crippen LogP) is 4.02. The topological polar surface area (TPSA) is 192 Å². The number of carbonyl (C=O) groups excluding carboxylic acids is 4. The zero-order valence-corrected chi connectivity index (χ0v) is 33.4. The van der Waals surface area contributed by atoms with E-state index in [0.717, 1.165) is 11.1 Å². The molecule has 4 rings (SSSR count). The van der Waals surface area contributed by atoms with Crippen LogP contribution in [0.25, 0.3) is 33.9 Å². The van der Waals surface area contributed by atoms with Crippen LogP contribution < -0.4 is 20.5 Å². The first-order chi connectivity index (χ1) is 27.4. The number of rotatable bonds is 20. The van der Waals surface area contributed by atoms with Crippen LogP contribution in [0.15, 0.2) is 66.7 Å². The van der Waals surface area contributed by atoms with Crippen LogP contribution in [0.3, 0.4) is 0 Å². The van der Waals surface area contributed by atoms with Gasteiger partial charge in [0.05, 0.1) is 62.0 Å². The number of aromatic nitrogens is 3. The number of carbonyl (C=O) groups is 4. The van der Waals surface area contributed by atoms with Gasteiger partial charge < -0.3 is 29.4 Å². The van der Waals surface area contributed by atoms with E-state index in [9.17, 15) is 19.2 Å². The summed E-state index contributed by atoms with van der Waals surface area (Å²) >= 11 is 0. The first kappa shape index (κ1) is 43.4. The molecule has 3 heterocycles. The number of ether oxygens (including phenoxy) is 5. The Morgan fingerprint density at radius 3 is 1.30 bits per heavy atom. The van der Waals surface area contributed by atoms with Crippen LogP contribution in [0, 0.1) is 0 Å². The number of hydrazine groups is 2. The summed E-state index contributed by atoms with van der Waals surface area (Å²) in [6.07, 6.45) is 0. The fourth-order valence-corrected chi connectivity index (χ4v) is 5.61. The van der Waals surface area contributed by atoms with Gasteiger partial charge >= 0.3 is 23.9 Å². The van der Waals surface area contributed by atoms with Crippen molar-refractivity contribution in [1.29, 1.82) is 0 Å². The van der Waals surface area contributed by atoms with Crippen molar-refractivity contribution in [1.82, 2.24) is 25.0 Å². The van der Waals surface area contributed by atoms with E-state index in [-0.39, 0.29) is 52.6 Å². The van der Waals surface area contributed by atoms with Crippen LogP contribution in [-0.2, 0) is 38.1 Å². The number of esters is 4. The van der Waals surface area contributed by atoms with E-state index < -0.39 is 23.9 Å². The first-order valence-corrected chi connectivity index (χ1v) is 18.4. The molecular weight excluding hydrogens is 736 g/mol. The summed E-state index contributed by atoms with van der Waals surface area (Å²) in [5.74, 6) is -0.739. The third kappa shape index (κ3) is 12.1. The molecular formula is C40H50N8O9. The average Bonchev–Trinajstić information content (AvgIpc) is 3.20. The third-order valence-corrected chi connectivity index (χ3v) is 8.36. The summed E-state index contributed by atoms with van der Waals surface area (Å²) < 4.78 is 26.0. The minimum Gasteiger partial charge on any atom is -0.495 e. The number of anilines is 3. The molecule has 0 radical (unpaired) electrons. The molecule has 0 aliphatic heterocycles. The molecule has 0 atom stereocenters. The number of benzene rings is 1. The molecule has 0 fully saturated rings. The molecule has 0 aliphatic carbocycles. The van der Waals surface area contributed by atoms with Crippen LogP contribution in [0.1, 0.15) is 27.7 Å². The van der Waals surface area contributed by atoms with Gasteiger partial charge in [-0.15, -0.1) is 0 Å². The molecule has 0 amide bonds. The van der Waals surface area contributed by atoms with Gasteiger partial charge in [-0.25, -0.2) is 15.0 Å². The van der Waals surface area contributed by atoms with Gasteiger partial charge in [-0.05, 0) is 87.4 Å². The summed E-state index contributed by atoms with van der Waals surface area (Å²) in [7, 11) is 4.90. The fourth-order valence-electron chi connectivity index (χ4n) is 5.61. The maximum Gasteiger partial charge on any atom is 0.322 e. The standard InChI is InChI=1S/C40H50N8O9/c1-8-54-37(49)23-47(24-38(50)55-9-2)45(5)35-16-12-14-30(43-35)32-21-28(27-18-19-34(53-7)29(41)20-27)22-33(42-32)31-15-13-17-36(44-31)46(6)48(25-39(51)56-10-3)26-40(52)57-11-4/h12-22H,8-11,23-26,41H2,1-7H3. The maximum absolute atomic E-state index is 12.5. The van der Waals surface area contributed by atoms with Crippen molar-refractivity contribution in [2.24, 2.45) is 0 Å². The Hall–Kier alpha value is -6.33. The van der Waals surface area contributed by atoms with Gasteiger partial charge in [0.15, 0.2) is 0 Å². The molecule has 0 saturated heterocycles. The lowest BCUT2D eigenvalue weighted by Crippen LogP contribution is -2.47. The highest BCUT2D eigenvalue weighted by molar-refractivity contribution is 5.79. The zero-order valence-electron chi connectivity index (χ0n) is 33.4. The summed E-state index contributed by atoms with van der Waals surface area (Å²) in [4.78, 5) is 64.9. The van der Waals surface area contributed by atoms with Crippen molar-refractivity contribution < 1.29 is 42.9 Å². The Balaban J connectivity index is 1.81. The lowest BCUT2D eigenvalue weighted by atomic mass is 10.0. The van der Waals surface area contributed by atoms with Crippen molar-refractivity contribution in [3.05, 3.63) is 66.7 Å². The van der Waals surface area contributed by atoms with Crippen molar-refractivity contribution >= 4 is 41.2 Å². The molecule has 0 aliphatic rings. The number of nitrogens with two attached hydrogens (primary N) is 1. The number of nitrogens with zero attached hydrogens (tertiary/aromatic N) is 7. The molecule has 0 saturated carbocycles. The molecule has 304 valence electrons. The molecule has 57 heavy (non-hydrogen) atoms. The van der Waals surface area contributed by atoms with Gasteiger partial charge in [0, 0.05) is 14.1 Å². The fraction of sp³-hybridized carbons (Fsp3) is 0.375. The van der Waals surface area contributed by atoms with Crippen molar-refractivity contribution in [2.45, 2.75) is 27.7 Å². The van der Waals surface area contributed by atoms with Crippen LogP contribution in [0.2, 0.25) is 0 Å². The minimum absolute atomic E-state index is 0.182. The van der Waals surface area contributed by atoms with E-state index in [1.807, 2.05) is 18.2 Å². The summed E-state index contributed by atoms with van der Waals surface area (Å²) in [6, 6.07) is 19.8. The summed E-state index contributed by atoms with van der Waals surface area (Å²) in [5.41, 5.74) is 10.2. The second kappa shape index (κ2) is 21.1. The van der Waals surface area contributed by atoms with Crippen LogP contribution in [-0.4, -0.2) is 123 Å². The number of nitrogen functional groups attached to an aromatic ring is 1. The van der Waals surface area contributed by atoms with Crippen molar-refractivity contribution in [3.63, 3.8) is 0 Å². The minimum atomic E-state index is -0.521. The van der Waals surface area contributed by atoms with Gasteiger partial charge in [0.25, 0.3) is 0 Å². The summed E-state index contributed by atoms with van der Waals surface area (Å²) in [6.45, 7) is 6.65. The van der Waals surface area contributed by atoms with Crippen LogP contribution in [0.4, 0.5) is 17.3 Å². The molecule has 3 aromatic heterocycles. The number of hydrogen-bond acceptors (Lipinski definition) is 17. The Bertz CT molecular complexity index is 1860. The van der Waals surface area contributed by atoms with E-state index in [1.165, 1.54) is 10.0 Å². The Morgan fingerprint density at radius 1 is 0.544 bits per heavy atom. The molecule has 0 bridgehead atoms. The Morgan fingerprint density at radius 2 is 0.947 bits per heavy atom. The van der Waals surface area contributed by atoms with E-state index in [2.05, 4.69) is 0 Å². The SMILES string of the molecule is CCOC(=O)CN(CC(=O)OCC)N(C)c1cccc(-c2cc(-c3ccc(OC)c(N)c3)cc(-c3cccc(N(C)N(CC(=O)OCC)CC(=O)OCC)n3)n2)n1. The number of methoxy groups -OCH3 is 1.